The molecule has 0 saturated heterocycles. The number of halogens is 1. The first-order valence-corrected chi connectivity index (χ1v) is 10.8. The normalized spacial score (nSPS) is 10.7. The number of rotatable bonds is 8. The molecule has 0 unspecified atom stereocenters. The summed E-state index contributed by atoms with van der Waals surface area (Å²) in [6, 6.07) is 11.6. The van der Waals surface area contributed by atoms with Gasteiger partial charge in [0.25, 0.3) is 5.91 Å². The smallest absolute Gasteiger partial charge is 0.254 e. The van der Waals surface area contributed by atoms with Gasteiger partial charge in [-0.15, -0.1) is 10.2 Å². The maximum atomic E-state index is 13.8. The molecule has 0 aliphatic heterocycles. The first kappa shape index (κ1) is 22.5. The molecule has 0 aliphatic rings. The van der Waals surface area contributed by atoms with Crippen LogP contribution in [0.5, 0.6) is 0 Å². The van der Waals surface area contributed by atoms with E-state index in [1.54, 1.807) is 6.07 Å². The van der Waals surface area contributed by atoms with Gasteiger partial charge in [0.2, 0.25) is 5.91 Å². The highest BCUT2D eigenvalue weighted by atomic mass is 32.2. The Labute approximate surface area is 184 Å². The van der Waals surface area contributed by atoms with Gasteiger partial charge in [-0.05, 0) is 44.5 Å². The molecule has 0 fully saturated rings. The average Bonchev–Trinajstić information content (AvgIpc) is 3.14. The molecule has 3 rings (SSSR count). The van der Waals surface area contributed by atoms with Crippen molar-refractivity contribution < 1.29 is 14.0 Å². The van der Waals surface area contributed by atoms with Crippen LogP contribution in [0.4, 0.5) is 10.1 Å². The van der Waals surface area contributed by atoms with E-state index in [1.165, 1.54) is 30.0 Å². The molecule has 1 aromatic heterocycles. The van der Waals surface area contributed by atoms with Crippen molar-refractivity contribution in [3.05, 3.63) is 70.8 Å². The highest BCUT2D eigenvalue weighted by Gasteiger charge is 2.16. The van der Waals surface area contributed by atoms with E-state index in [-0.39, 0.29) is 23.8 Å². The number of aromatic nitrogens is 3. The SMILES string of the molecule is CCn1c(CNC(=O)c2ccccc2F)nnc1SCC(=O)Nc1ccc(C)cc1C. The summed E-state index contributed by atoms with van der Waals surface area (Å²) in [5.41, 5.74) is 2.89. The van der Waals surface area contributed by atoms with Crippen molar-refractivity contribution in [1.29, 1.82) is 0 Å². The average molecular weight is 442 g/mol. The molecule has 2 N–H and O–H groups in total. The van der Waals surface area contributed by atoms with E-state index < -0.39 is 11.7 Å². The summed E-state index contributed by atoms with van der Waals surface area (Å²) in [5.74, 6) is -0.539. The van der Waals surface area contributed by atoms with Gasteiger partial charge in [0.1, 0.15) is 5.82 Å². The quantitative estimate of drug-likeness (QED) is 0.520. The van der Waals surface area contributed by atoms with Gasteiger partial charge in [0.15, 0.2) is 11.0 Å². The Morgan fingerprint density at radius 2 is 1.90 bits per heavy atom. The van der Waals surface area contributed by atoms with Gasteiger partial charge < -0.3 is 15.2 Å². The molecule has 2 aromatic carbocycles. The van der Waals surface area contributed by atoms with Gasteiger partial charge in [-0.25, -0.2) is 4.39 Å². The number of thioether (sulfide) groups is 1. The standard InChI is InChI=1S/C22H24FN5O2S/c1-4-28-19(12-24-21(30)16-7-5-6-8-17(16)23)26-27-22(28)31-13-20(29)25-18-10-9-14(2)11-15(18)3/h5-11H,4,12-13H2,1-3H3,(H,24,30)(H,25,29). The molecule has 9 heteroatoms. The zero-order chi connectivity index (χ0) is 22.4. The minimum absolute atomic E-state index is 0.0252. The maximum Gasteiger partial charge on any atom is 0.254 e. The number of aryl methyl sites for hydroxylation is 2. The zero-order valence-electron chi connectivity index (χ0n) is 17.6. The Kier molecular flexibility index (Phi) is 7.41. The highest BCUT2D eigenvalue weighted by molar-refractivity contribution is 7.99. The molecule has 1 heterocycles. The minimum atomic E-state index is -0.581. The van der Waals surface area contributed by atoms with E-state index in [0.29, 0.717) is 17.5 Å². The Morgan fingerprint density at radius 1 is 1.13 bits per heavy atom. The number of nitrogens with one attached hydrogen (secondary N) is 2. The van der Waals surface area contributed by atoms with Crippen LogP contribution in [-0.2, 0) is 17.9 Å². The van der Waals surface area contributed by atoms with Crippen molar-refractivity contribution in [2.75, 3.05) is 11.1 Å². The second kappa shape index (κ2) is 10.2. The lowest BCUT2D eigenvalue weighted by Gasteiger charge is -2.10. The second-order valence-electron chi connectivity index (χ2n) is 6.96. The number of anilines is 1. The van der Waals surface area contributed by atoms with E-state index in [9.17, 15) is 14.0 Å². The third-order valence-corrected chi connectivity index (χ3v) is 5.59. The molecule has 0 saturated carbocycles. The summed E-state index contributed by atoms with van der Waals surface area (Å²) < 4.78 is 15.6. The van der Waals surface area contributed by atoms with Crippen LogP contribution in [0.25, 0.3) is 0 Å². The fourth-order valence-electron chi connectivity index (χ4n) is 3.04. The first-order valence-electron chi connectivity index (χ1n) is 9.83. The molecule has 0 bridgehead atoms. The molecule has 0 aliphatic carbocycles. The Bertz CT molecular complexity index is 1100. The van der Waals surface area contributed by atoms with Crippen LogP contribution in [0, 0.1) is 19.7 Å². The van der Waals surface area contributed by atoms with Gasteiger partial charge >= 0.3 is 0 Å². The Hall–Kier alpha value is -3.20. The largest absolute Gasteiger partial charge is 0.345 e. The molecule has 3 aromatic rings. The van der Waals surface area contributed by atoms with Crippen molar-refractivity contribution in [3.8, 4) is 0 Å². The van der Waals surface area contributed by atoms with E-state index in [0.717, 1.165) is 16.8 Å². The summed E-state index contributed by atoms with van der Waals surface area (Å²) in [7, 11) is 0. The molecular formula is C22H24FN5O2S. The van der Waals surface area contributed by atoms with Crippen LogP contribution in [0.15, 0.2) is 47.6 Å². The van der Waals surface area contributed by atoms with Crippen LogP contribution >= 0.6 is 11.8 Å². The lowest BCUT2D eigenvalue weighted by molar-refractivity contribution is -0.113. The summed E-state index contributed by atoms with van der Waals surface area (Å²) in [6.07, 6.45) is 0. The summed E-state index contributed by atoms with van der Waals surface area (Å²) in [6.45, 7) is 6.54. The molecule has 31 heavy (non-hydrogen) atoms. The number of carbonyl (C=O) groups excluding carboxylic acids is 2. The van der Waals surface area contributed by atoms with Crippen LogP contribution < -0.4 is 10.6 Å². The third-order valence-electron chi connectivity index (χ3n) is 4.62. The van der Waals surface area contributed by atoms with Crippen molar-refractivity contribution in [2.24, 2.45) is 0 Å². The fourth-order valence-corrected chi connectivity index (χ4v) is 3.87. The number of amides is 2. The van der Waals surface area contributed by atoms with Gasteiger partial charge in [0, 0.05) is 12.2 Å². The van der Waals surface area contributed by atoms with Crippen molar-refractivity contribution >= 4 is 29.3 Å². The maximum absolute atomic E-state index is 13.8. The zero-order valence-corrected chi connectivity index (χ0v) is 18.4. The molecule has 0 atom stereocenters. The van der Waals surface area contributed by atoms with Crippen molar-refractivity contribution in [2.45, 2.75) is 39.0 Å². The summed E-state index contributed by atoms with van der Waals surface area (Å²) in [4.78, 5) is 24.6. The lowest BCUT2D eigenvalue weighted by Crippen LogP contribution is -2.25. The van der Waals surface area contributed by atoms with Gasteiger partial charge in [-0.1, -0.05) is 41.6 Å². The Balaban J connectivity index is 1.58. The van der Waals surface area contributed by atoms with E-state index in [2.05, 4.69) is 20.8 Å². The van der Waals surface area contributed by atoms with Crippen molar-refractivity contribution in [3.63, 3.8) is 0 Å². The number of hydrogen-bond acceptors (Lipinski definition) is 5. The monoisotopic (exact) mass is 441 g/mol. The molecule has 7 nitrogen and oxygen atoms in total. The summed E-state index contributed by atoms with van der Waals surface area (Å²) in [5, 5.41) is 14.4. The molecular weight excluding hydrogens is 417 g/mol. The molecule has 2 amide bonds. The topological polar surface area (TPSA) is 88.9 Å². The first-order chi connectivity index (χ1) is 14.9. The van der Waals surface area contributed by atoms with Gasteiger partial charge in [-0.2, -0.15) is 0 Å². The Morgan fingerprint density at radius 3 is 2.61 bits per heavy atom. The number of nitrogens with zero attached hydrogens (tertiary/aromatic N) is 3. The fraction of sp³-hybridized carbons (Fsp3) is 0.273. The van der Waals surface area contributed by atoms with Crippen LogP contribution in [-0.4, -0.2) is 32.3 Å². The molecule has 162 valence electrons. The van der Waals surface area contributed by atoms with E-state index in [4.69, 9.17) is 0 Å². The highest BCUT2D eigenvalue weighted by Crippen LogP contribution is 2.20. The third kappa shape index (κ3) is 5.69. The van der Waals surface area contributed by atoms with Crippen LogP contribution in [0.2, 0.25) is 0 Å². The summed E-state index contributed by atoms with van der Waals surface area (Å²) >= 11 is 1.27. The van der Waals surface area contributed by atoms with E-state index in [1.807, 2.05) is 43.5 Å². The predicted molar refractivity (Wildman–Crippen MR) is 119 cm³/mol. The number of hydrogen-bond donors (Lipinski definition) is 2. The van der Waals surface area contributed by atoms with Gasteiger partial charge in [0.05, 0.1) is 17.9 Å². The predicted octanol–water partition coefficient (Wildman–Crippen LogP) is 3.71. The lowest BCUT2D eigenvalue weighted by atomic mass is 10.1. The van der Waals surface area contributed by atoms with Crippen molar-refractivity contribution in [1.82, 2.24) is 20.1 Å². The molecule has 0 spiro atoms. The van der Waals surface area contributed by atoms with Crippen LogP contribution in [0.1, 0.15) is 34.2 Å². The van der Waals surface area contributed by atoms with Crippen LogP contribution in [0.3, 0.4) is 0 Å². The number of carbonyl (C=O) groups is 2. The van der Waals surface area contributed by atoms with Gasteiger partial charge in [-0.3, -0.25) is 9.59 Å². The molecule has 0 radical (unpaired) electrons. The minimum Gasteiger partial charge on any atom is -0.345 e. The van der Waals surface area contributed by atoms with E-state index >= 15 is 0 Å². The second-order valence-corrected chi connectivity index (χ2v) is 7.90. The number of benzene rings is 2.